The Bertz CT molecular complexity index is 806. The van der Waals surface area contributed by atoms with Crippen LogP contribution >= 0.6 is 0 Å². The van der Waals surface area contributed by atoms with Crippen LogP contribution < -0.4 is 15.4 Å². The molecule has 2 aromatic rings. The van der Waals surface area contributed by atoms with Gasteiger partial charge in [-0.2, -0.15) is 0 Å². The van der Waals surface area contributed by atoms with Gasteiger partial charge in [0.1, 0.15) is 5.75 Å². The monoisotopic (exact) mass is 301 g/mol. The SMILES string of the molecule is COc1cc(C2NC(=O)NC(C)=C2C(=O)O)cc2cc[nH]c12. The van der Waals surface area contributed by atoms with Gasteiger partial charge in [0.15, 0.2) is 0 Å². The van der Waals surface area contributed by atoms with Gasteiger partial charge < -0.3 is 25.5 Å². The molecule has 0 spiro atoms. The molecule has 7 heteroatoms. The van der Waals surface area contributed by atoms with Crippen LogP contribution in [-0.2, 0) is 4.79 Å². The zero-order valence-corrected chi connectivity index (χ0v) is 12.1. The van der Waals surface area contributed by atoms with Crippen molar-refractivity contribution in [3.05, 3.63) is 41.2 Å². The average molecular weight is 301 g/mol. The smallest absolute Gasteiger partial charge is 0.335 e. The van der Waals surface area contributed by atoms with Gasteiger partial charge in [0.2, 0.25) is 0 Å². The first kappa shape index (κ1) is 14.0. The summed E-state index contributed by atoms with van der Waals surface area (Å²) >= 11 is 0. The van der Waals surface area contributed by atoms with Crippen molar-refractivity contribution < 1.29 is 19.4 Å². The van der Waals surface area contributed by atoms with E-state index in [0.717, 1.165) is 10.9 Å². The number of ether oxygens (including phenoxy) is 1. The molecule has 1 aromatic heterocycles. The maximum absolute atomic E-state index is 11.7. The van der Waals surface area contributed by atoms with Crippen molar-refractivity contribution in [2.45, 2.75) is 13.0 Å². The Morgan fingerprint density at radius 2 is 2.14 bits per heavy atom. The Labute approximate surface area is 126 Å². The number of carbonyl (C=O) groups excluding carboxylic acids is 1. The van der Waals surface area contributed by atoms with E-state index in [2.05, 4.69) is 15.6 Å². The van der Waals surface area contributed by atoms with Crippen LogP contribution in [0.25, 0.3) is 10.9 Å². The number of carbonyl (C=O) groups is 2. The Morgan fingerprint density at radius 3 is 2.82 bits per heavy atom. The Kier molecular flexibility index (Phi) is 3.25. The van der Waals surface area contributed by atoms with Crippen LogP contribution in [0.2, 0.25) is 0 Å². The number of carboxylic acids is 1. The van der Waals surface area contributed by atoms with Crippen molar-refractivity contribution in [2.24, 2.45) is 0 Å². The number of hydrogen-bond acceptors (Lipinski definition) is 3. The maximum atomic E-state index is 11.7. The maximum Gasteiger partial charge on any atom is 0.335 e. The van der Waals surface area contributed by atoms with E-state index < -0.39 is 18.0 Å². The topological polar surface area (TPSA) is 103 Å². The number of allylic oxidation sites excluding steroid dienone is 1. The summed E-state index contributed by atoms with van der Waals surface area (Å²) in [7, 11) is 1.54. The molecule has 0 fully saturated rings. The molecule has 0 aliphatic carbocycles. The molecule has 1 aliphatic rings. The van der Waals surface area contributed by atoms with Crippen LogP contribution in [0.15, 0.2) is 35.7 Å². The lowest BCUT2D eigenvalue weighted by Gasteiger charge is -2.27. The Morgan fingerprint density at radius 1 is 1.36 bits per heavy atom. The van der Waals surface area contributed by atoms with Crippen LogP contribution in [0, 0.1) is 0 Å². The Hall–Kier alpha value is -2.96. The molecule has 3 rings (SSSR count). The Balaban J connectivity index is 2.18. The summed E-state index contributed by atoms with van der Waals surface area (Å²) in [5.41, 5.74) is 1.91. The first-order valence-electron chi connectivity index (χ1n) is 6.68. The summed E-state index contributed by atoms with van der Waals surface area (Å²) in [6, 6.07) is 4.26. The predicted octanol–water partition coefficient (Wildman–Crippen LogP) is 1.89. The van der Waals surface area contributed by atoms with Gasteiger partial charge in [-0.15, -0.1) is 0 Å². The van der Waals surface area contributed by atoms with Gasteiger partial charge in [0.05, 0.1) is 24.2 Å². The minimum atomic E-state index is -1.08. The number of nitrogens with one attached hydrogen (secondary N) is 3. The average Bonchev–Trinajstić information content (AvgIpc) is 2.93. The highest BCUT2D eigenvalue weighted by Crippen LogP contribution is 2.33. The quantitative estimate of drug-likeness (QED) is 0.695. The van der Waals surface area contributed by atoms with Gasteiger partial charge in [0, 0.05) is 17.3 Å². The van der Waals surface area contributed by atoms with Crippen molar-refractivity contribution in [3.63, 3.8) is 0 Å². The molecule has 0 saturated heterocycles. The number of benzene rings is 1. The lowest BCUT2D eigenvalue weighted by molar-refractivity contribution is -0.133. The lowest BCUT2D eigenvalue weighted by Crippen LogP contribution is -2.45. The number of aliphatic carboxylic acids is 1. The molecule has 0 bridgehead atoms. The van der Waals surface area contributed by atoms with Gasteiger partial charge in [0.25, 0.3) is 0 Å². The number of carboxylic acid groups (broad SMARTS) is 1. The van der Waals surface area contributed by atoms with Crippen LogP contribution in [0.3, 0.4) is 0 Å². The zero-order chi connectivity index (χ0) is 15.9. The van der Waals surface area contributed by atoms with Crippen LogP contribution in [0.5, 0.6) is 5.75 Å². The fourth-order valence-electron chi connectivity index (χ4n) is 2.71. The molecular weight excluding hydrogens is 286 g/mol. The zero-order valence-electron chi connectivity index (χ0n) is 12.1. The summed E-state index contributed by atoms with van der Waals surface area (Å²) in [6.45, 7) is 1.57. The van der Waals surface area contributed by atoms with E-state index in [1.807, 2.05) is 12.1 Å². The van der Waals surface area contributed by atoms with Crippen LogP contribution in [0.4, 0.5) is 4.79 Å². The van der Waals surface area contributed by atoms with E-state index in [1.165, 1.54) is 0 Å². The number of amides is 2. The number of urea groups is 1. The molecule has 2 heterocycles. The third-order valence-corrected chi connectivity index (χ3v) is 3.70. The molecule has 1 unspecified atom stereocenters. The van der Waals surface area contributed by atoms with Crippen molar-refractivity contribution in [3.8, 4) is 5.75 Å². The minimum absolute atomic E-state index is 0.108. The minimum Gasteiger partial charge on any atom is -0.495 e. The van der Waals surface area contributed by atoms with E-state index in [4.69, 9.17) is 4.74 Å². The number of methoxy groups -OCH3 is 1. The number of hydrogen-bond donors (Lipinski definition) is 4. The molecule has 1 aromatic carbocycles. The predicted molar refractivity (Wildman–Crippen MR) is 79.6 cm³/mol. The van der Waals surface area contributed by atoms with E-state index in [0.29, 0.717) is 17.0 Å². The number of aromatic nitrogens is 1. The lowest BCUT2D eigenvalue weighted by atomic mass is 9.94. The second-order valence-electron chi connectivity index (χ2n) is 5.04. The van der Waals surface area contributed by atoms with Crippen LogP contribution in [0.1, 0.15) is 18.5 Å². The third-order valence-electron chi connectivity index (χ3n) is 3.70. The van der Waals surface area contributed by atoms with Gasteiger partial charge in [-0.05, 0) is 30.7 Å². The number of aromatic amines is 1. The van der Waals surface area contributed by atoms with E-state index in [-0.39, 0.29) is 5.57 Å². The van der Waals surface area contributed by atoms with Gasteiger partial charge in [-0.25, -0.2) is 9.59 Å². The normalized spacial score (nSPS) is 18.1. The highest BCUT2D eigenvalue weighted by atomic mass is 16.5. The fraction of sp³-hybridized carbons (Fsp3) is 0.200. The molecule has 2 amide bonds. The van der Waals surface area contributed by atoms with E-state index >= 15 is 0 Å². The third kappa shape index (κ3) is 2.16. The number of H-pyrrole nitrogens is 1. The van der Waals surface area contributed by atoms with E-state index in [1.54, 1.807) is 26.3 Å². The highest BCUT2D eigenvalue weighted by molar-refractivity contribution is 5.94. The highest BCUT2D eigenvalue weighted by Gasteiger charge is 2.31. The summed E-state index contributed by atoms with van der Waals surface area (Å²) in [4.78, 5) is 26.3. The first-order chi connectivity index (χ1) is 10.5. The van der Waals surface area contributed by atoms with Crippen molar-refractivity contribution in [1.29, 1.82) is 0 Å². The van der Waals surface area contributed by atoms with Crippen molar-refractivity contribution >= 4 is 22.9 Å². The first-order valence-corrected chi connectivity index (χ1v) is 6.68. The summed E-state index contributed by atoms with van der Waals surface area (Å²) < 4.78 is 5.34. The molecule has 114 valence electrons. The molecule has 0 radical (unpaired) electrons. The molecule has 7 nitrogen and oxygen atoms in total. The molecule has 0 saturated carbocycles. The van der Waals surface area contributed by atoms with Crippen LogP contribution in [-0.4, -0.2) is 29.2 Å². The van der Waals surface area contributed by atoms with Gasteiger partial charge in [-0.3, -0.25) is 0 Å². The number of fused-ring (bicyclic) bond motifs is 1. The summed E-state index contributed by atoms with van der Waals surface area (Å²) in [5, 5.41) is 15.4. The van der Waals surface area contributed by atoms with Gasteiger partial charge in [-0.1, -0.05) is 0 Å². The van der Waals surface area contributed by atoms with Gasteiger partial charge >= 0.3 is 12.0 Å². The molecule has 22 heavy (non-hydrogen) atoms. The molecular formula is C15H15N3O4. The molecule has 1 aliphatic heterocycles. The molecule has 4 N–H and O–H groups in total. The molecule has 1 atom stereocenters. The van der Waals surface area contributed by atoms with Crippen molar-refractivity contribution in [2.75, 3.05) is 7.11 Å². The fourth-order valence-corrected chi connectivity index (χ4v) is 2.71. The summed E-state index contributed by atoms with van der Waals surface area (Å²) in [6.07, 6.45) is 1.77. The second kappa shape index (κ2) is 5.10. The summed E-state index contributed by atoms with van der Waals surface area (Å²) in [5.74, 6) is -0.490. The number of rotatable bonds is 3. The van der Waals surface area contributed by atoms with E-state index in [9.17, 15) is 14.7 Å². The van der Waals surface area contributed by atoms with Crippen molar-refractivity contribution in [1.82, 2.24) is 15.6 Å². The largest absolute Gasteiger partial charge is 0.495 e. The standard InChI is InChI=1S/C15H15N3O4/c1-7-11(14(19)20)13(18-15(21)17-7)9-5-8-3-4-16-12(8)10(6-9)22-2/h3-6,13,16H,1-2H3,(H,19,20)(H2,17,18,21). The second-order valence-corrected chi connectivity index (χ2v) is 5.04.